The number of fused-ring (bicyclic) bond motifs is 1. The van der Waals surface area contributed by atoms with Crippen molar-refractivity contribution in [2.45, 2.75) is 25.8 Å². The molecule has 3 rings (SSSR count). The van der Waals surface area contributed by atoms with Gasteiger partial charge in [0.25, 0.3) is 0 Å². The predicted molar refractivity (Wildman–Crippen MR) is 78.1 cm³/mol. The molecule has 0 saturated heterocycles. The van der Waals surface area contributed by atoms with E-state index in [1.54, 1.807) is 4.68 Å². The van der Waals surface area contributed by atoms with E-state index in [1.807, 2.05) is 6.92 Å². The van der Waals surface area contributed by atoms with Crippen LogP contribution in [0, 0.1) is 6.92 Å². The normalized spacial score (nSPS) is 16.0. The Bertz CT molecular complexity index is 691. The SMILES string of the molecule is C=CCOC(=O)c1nnn(CC2Cc3ccccc32)c1C. The third kappa shape index (κ3) is 2.46. The van der Waals surface area contributed by atoms with Crippen LogP contribution in [0.25, 0.3) is 0 Å². The first-order valence-corrected chi connectivity index (χ1v) is 6.96. The topological polar surface area (TPSA) is 57.0 Å². The van der Waals surface area contributed by atoms with Crippen LogP contribution in [0.4, 0.5) is 0 Å². The van der Waals surface area contributed by atoms with Gasteiger partial charge in [-0.2, -0.15) is 0 Å². The van der Waals surface area contributed by atoms with Gasteiger partial charge in [0.05, 0.1) is 12.2 Å². The molecular weight excluding hydrogens is 266 g/mol. The zero-order chi connectivity index (χ0) is 14.8. The van der Waals surface area contributed by atoms with Gasteiger partial charge >= 0.3 is 5.97 Å². The van der Waals surface area contributed by atoms with Gasteiger partial charge in [-0.25, -0.2) is 9.48 Å². The summed E-state index contributed by atoms with van der Waals surface area (Å²) in [6.07, 6.45) is 2.58. The minimum atomic E-state index is -0.451. The number of hydrogen-bond acceptors (Lipinski definition) is 4. The third-order valence-electron chi connectivity index (χ3n) is 3.86. The van der Waals surface area contributed by atoms with E-state index >= 15 is 0 Å². The van der Waals surface area contributed by atoms with Gasteiger partial charge in [0, 0.05) is 5.92 Å². The number of hydrogen-bond donors (Lipinski definition) is 0. The fourth-order valence-electron chi connectivity index (χ4n) is 2.66. The molecule has 0 bridgehead atoms. The Kier molecular flexibility index (Phi) is 3.56. The number of esters is 1. The quantitative estimate of drug-likeness (QED) is 0.624. The van der Waals surface area contributed by atoms with Gasteiger partial charge in [0.15, 0.2) is 5.69 Å². The first-order valence-electron chi connectivity index (χ1n) is 6.96. The van der Waals surface area contributed by atoms with Crippen LogP contribution in [0.1, 0.15) is 33.2 Å². The monoisotopic (exact) mass is 283 g/mol. The van der Waals surface area contributed by atoms with E-state index in [4.69, 9.17) is 4.74 Å². The Labute approximate surface area is 123 Å². The van der Waals surface area contributed by atoms with Crippen LogP contribution in [0.2, 0.25) is 0 Å². The predicted octanol–water partition coefficient (Wildman–Crippen LogP) is 2.27. The average Bonchev–Trinajstić information content (AvgIpc) is 2.83. The van der Waals surface area contributed by atoms with E-state index < -0.39 is 5.97 Å². The minimum absolute atomic E-state index is 0.182. The van der Waals surface area contributed by atoms with Crippen LogP contribution < -0.4 is 0 Å². The number of carbonyl (C=O) groups is 1. The van der Waals surface area contributed by atoms with E-state index in [0.29, 0.717) is 5.92 Å². The molecule has 1 unspecified atom stereocenters. The molecule has 5 heteroatoms. The molecule has 0 N–H and O–H groups in total. The Morgan fingerprint density at radius 2 is 2.33 bits per heavy atom. The minimum Gasteiger partial charge on any atom is -0.457 e. The first-order chi connectivity index (χ1) is 10.2. The molecule has 21 heavy (non-hydrogen) atoms. The summed E-state index contributed by atoms with van der Waals surface area (Å²) in [7, 11) is 0. The molecule has 108 valence electrons. The lowest BCUT2D eigenvalue weighted by molar-refractivity contribution is 0.0542. The van der Waals surface area contributed by atoms with Gasteiger partial charge < -0.3 is 4.74 Å². The van der Waals surface area contributed by atoms with Crippen LogP contribution >= 0.6 is 0 Å². The summed E-state index contributed by atoms with van der Waals surface area (Å²) in [4.78, 5) is 11.8. The highest BCUT2D eigenvalue weighted by Crippen LogP contribution is 2.35. The average molecular weight is 283 g/mol. The van der Waals surface area contributed by atoms with E-state index in [9.17, 15) is 4.79 Å². The molecule has 1 aliphatic rings. The molecule has 1 aliphatic carbocycles. The Hall–Kier alpha value is -2.43. The highest BCUT2D eigenvalue weighted by Gasteiger charge is 2.27. The summed E-state index contributed by atoms with van der Waals surface area (Å²) in [6, 6.07) is 8.41. The molecule has 1 aromatic heterocycles. The van der Waals surface area contributed by atoms with E-state index in [2.05, 4.69) is 41.2 Å². The molecule has 0 radical (unpaired) electrons. The van der Waals surface area contributed by atoms with Crippen LogP contribution in [0.5, 0.6) is 0 Å². The van der Waals surface area contributed by atoms with Crippen molar-refractivity contribution < 1.29 is 9.53 Å². The molecule has 1 heterocycles. The summed E-state index contributed by atoms with van der Waals surface area (Å²) >= 11 is 0. The maximum absolute atomic E-state index is 11.8. The van der Waals surface area contributed by atoms with Crippen molar-refractivity contribution in [1.82, 2.24) is 15.0 Å². The van der Waals surface area contributed by atoms with Gasteiger partial charge in [0.1, 0.15) is 6.61 Å². The van der Waals surface area contributed by atoms with Gasteiger partial charge in [0.2, 0.25) is 0 Å². The van der Waals surface area contributed by atoms with Crippen molar-refractivity contribution in [1.29, 1.82) is 0 Å². The number of rotatable bonds is 5. The first kappa shape index (κ1) is 13.5. The summed E-state index contributed by atoms with van der Waals surface area (Å²) in [5.41, 5.74) is 3.78. The van der Waals surface area contributed by atoms with E-state index in [1.165, 1.54) is 17.2 Å². The molecule has 5 nitrogen and oxygen atoms in total. The van der Waals surface area contributed by atoms with Crippen molar-refractivity contribution in [2.75, 3.05) is 6.61 Å². The fourth-order valence-corrected chi connectivity index (χ4v) is 2.66. The number of nitrogens with zero attached hydrogens (tertiary/aromatic N) is 3. The van der Waals surface area contributed by atoms with Crippen LogP contribution in [0.15, 0.2) is 36.9 Å². The fraction of sp³-hybridized carbons (Fsp3) is 0.312. The van der Waals surface area contributed by atoms with Gasteiger partial charge in [-0.15, -0.1) is 5.10 Å². The molecular formula is C16H17N3O2. The molecule has 0 amide bonds. The lowest BCUT2D eigenvalue weighted by Crippen LogP contribution is -2.23. The van der Waals surface area contributed by atoms with Crippen molar-refractivity contribution in [2.24, 2.45) is 0 Å². The van der Waals surface area contributed by atoms with Crippen molar-refractivity contribution in [3.05, 3.63) is 59.4 Å². The standard InChI is InChI=1S/C16H17N3O2/c1-3-8-21-16(20)15-11(2)19(18-17-15)10-13-9-12-6-4-5-7-14(12)13/h3-7,13H,1,8-10H2,2H3. The maximum Gasteiger partial charge on any atom is 0.361 e. The van der Waals surface area contributed by atoms with Crippen LogP contribution in [-0.2, 0) is 17.7 Å². The molecule has 1 atom stereocenters. The van der Waals surface area contributed by atoms with E-state index in [0.717, 1.165) is 18.7 Å². The highest BCUT2D eigenvalue weighted by atomic mass is 16.5. The van der Waals surface area contributed by atoms with E-state index in [-0.39, 0.29) is 12.3 Å². The summed E-state index contributed by atoms with van der Waals surface area (Å²) < 4.78 is 6.78. The summed E-state index contributed by atoms with van der Waals surface area (Å²) in [5, 5.41) is 8.02. The number of aromatic nitrogens is 3. The third-order valence-corrected chi connectivity index (χ3v) is 3.86. The van der Waals surface area contributed by atoms with Crippen LogP contribution in [0.3, 0.4) is 0 Å². The number of carbonyl (C=O) groups excluding carboxylic acids is 1. The molecule has 0 aliphatic heterocycles. The largest absolute Gasteiger partial charge is 0.457 e. The summed E-state index contributed by atoms with van der Waals surface area (Å²) in [6.45, 7) is 6.28. The van der Waals surface area contributed by atoms with Crippen LogP contribution in [-0.4, -0.2) is 27.6 Å². The molecule has 1 aromatic carbocycles. The van der Waals surface area contributed by atoms with Gasteiger partial charge in [-0.1, -0.05) is 42.1 Å². The lowest BCUT2D eigenvalue weighted by Gasteiger charge is -2.30. The Morgan fingerprint density at radius 1 is 1.52 bits per heavy atom. The Morgan fingerprint density at radius 3 is 3.10 bits per heavy atom. The zero-order valence-corrected chi connectivity index (χ0v) is 12.0. The second kappa shape index (κ2) is 5.52. The molecule has 0 saturated carbocycles. The second-order valence-corrected chi connectivity index (χ2v) is 5.19. The molecule has 2 aromatic rings. The zero-order valence-electron chi connectivity index (χ0n) is 12.0. The van der Waals surface area contributed by atoms with Crippen molar-refractivity contribution >= 4 is 5.97 Å². The van der Waals surface area contributed by atoms with Crippen molar-refractivity contribution in [3.8, 4) is 0 Å². The van der Waals surface area contributed by atoms with Gasteiger partial charge in [-0.3, -0.25) is 0 Å². The molecule has 0 spiro atoms. The lowest BCUT2D eigenvalue weighted by atomic mass is 9.77. The summed E-state index contributed by atoms with van der Waals surface area (Å²) in [5.74, 6) is -0.00805. The number of benzene rings is 1. The van der Waals surface area contributed by atoms with Gasteiger partial charge in [-0.05, 0) is 24.5 Å². The maximum atomic E-state index is 11.8. The molecule has 0 fully saturated rings. The Balaban J connectivity index is 1.72. The van der Waals surface area contributed by atoms with Crippen molar-refractivity contribution in [3.63, 3.8) is 0 Å². The second-order valence-electron chi connectivity index (χ2n) is 5.19. The highest BCUT2D eigenvalue weighted by molar-refractivity contribution is 5.88. The number of ether oxygens (including phenoxy) is 1. The smallest absolute Gasteiger partial charge is 0.361 e.